The first-order valence-electron chi connectivity index (χ1n) is 11.1. The Hall–Kier alpha value is -3.59. The minimum Gasteiger partial charge on any atom is -0.463 e. The SMILES string of the molecule is C.CS(=O)(=O)O.Cc1nc(NC(=O)c2ccc(Cl)s2)c2c(n1)C(=O)N(Cc1cccc(N3CCOC3=N)c1)C2. The van der Waals surface area contributed by atoms with Crippen LogP contribution in [0.15, 0.2) is 36.4 Å². The average Bonchev–Trinajstić information content (AvgIpc) is 3.53. The van der Waals surface area contributed by atoms with E-state index < -0.39 is 10.1 Å². The predicted octanol–water partition coefficient (Wildman–Crippen LogP) is 3.82. The highest BCUT2D eigenvalue weighted by atomic mass is 35.5. The zero-order valence-electron chi connectivity index (χ0n) is 20.3. The maximum atomic E-state index is 13.1. The van der Waals surface area contributed by atoms with Gasteiger partial charge in [0, 0.05) is 17.8 Å². The number of halogens is 1. The summed E-state index contributed by atoms with van der Waals surface area (Å²) in [6, 6.07) is 11.1. The van der Waals surface area contributed by atoms with E-state index in [0.717, 1.165) is 11.3 Å². The Bertz CT molecular complexity index is 1520. The zero-order valence-corrected chi connectivity index (χ0v) is 22.7. The van der Waals surface area contributed by atoms with Crippen LogP contribution in [0.5, 0.6) is 0 Å². The molecule has 1 saturated heterocycles. The van der Waals surface area contributed by atoms with Crippen molar-refractivity contribution in [2.75, 3.05) is 29.6 Å². The summed E-state index contributed by atoms with van der Waals surface area (Å²) in [7, 11) is -3.67. The summed E-state index contributed by atoms with van der Waals surface area (Å²) in [5, 5.41) is 10.7. The first-order valence-corrected chi connectivity index (χ1v) is 14.2. The summed E-state index contributed by atoms with van der Waals surface area (Å²) in [4.78, 5) is 38.4. The fraction of sp³-hybridized carbons (Fsp3) is 0.292. The number of benzene rings is 1. The molecule has 3 N–H and O–H groups in total. The number of carbonyl (C=O) groups is 2. The molecule has 0 unspecified atom stereocenters. The average molecular weight is 595 g/mol. The van der Waals surface area contributed by atoms with Crippen LogP contribution >= 0.6 is 22.9 Å². The fourth-order valence-electron chi connectivity index (χ4n) is 3.87. The van der Waals surface area contributed by atoms with Crippen LogP contribution in [0.2, 0.25) is 4.34 Å². The fourth-order valence-corrected chi connectivity index (χ4v) is 4.81. The number of fused-ring (bicyclic) bond motifs is 1. The maximum absolute atomic E-state index is 13.1. The maximum Gasteiger partial charge on any atom is 0.289 e. The van der Waals surface area contributed by atoms with Crippen molar-refractivity contribution in [3.8, 4) is 0 Å². The Labute approximate surface area is 234 Å². The van der Waals surface area contributed by atoms with Crippen molar-refractivity contribution in [3.05, 3.63) is 68.3 Å². The van der Waals surface area contributed by atoms with Gasteiger partial charge in [-0.05, 0) is 36.8 Å². The molecule has 15 heteroatoms. The van der Waals surface area contributed by atoms with Gasteiger partial charge in [0.1, 0.15) is 23.9 Å². The van der Waals surface area contributed by atoms with Gasteiger partial charge in [-0.1, -0.05) is 31.2 Å². The van der Waals surface area contributed by atoms with Gasteiger partial charge < -0.3 is 15.0 Å². The van der Waals surface area contributed by atoms with Gasteiger partial charge in [0.25, 0.3) is 28.0 Å². The summed E-state index contributed by atoms with van der Waals surface area (Å²) in [6.07, 6.45) is 0.715. The highest BCUT2D eigenvalue weighted by molar-refractivity contribution is 7.85. The number of aryl methyl sites for hydroxylation is 1. The van der Waals surface area contributed by atoms with Gasteiger partial charge in [-0.25, -0.2) is 9.97 Å². The van der Waals surface area contributed by atoms with E-state index in [2.05, 4.69) is 15.3 Å². The van der Waals surface area contributed by atoms with E-state index in [0.29, 0.717) is 58.1 Å². The Morgan fingerprint density at radius 1 is 1.28 bits per heavy atom. The van der Waals surface area contributed by atoms with Crippen LogP contribution in [0.1, 0.15) is 44.5 Å². The highest BCUT2D eigenvalue weighted by Gasteiger charge is 2.33. The second-order valence-corrected chi connectivity index (χ2v) is 11.6. The predicted molar refractivity (Wildman–Crippen MR) is 149 cm³/mol. The molecule has 0 aliphatic carbocycles. The minimum atomic E-state index is -3.67. The summed E-state index contributed by atoms with van der Waals surface area (Å²) < 4.78 is 31.6. The third-order valence-electron chi connectivity index (χ3n) is 5.38. The Balaban J connectivity index is 0.000000644. The third kappa shape index (κ3) is 7.50. The molecule has 39 heavy (non-hydrogen) atoms. The molecule has 1 aromatic carbocycles. The van der Waals surface area contributed by atoms with Crippen LogP contribution in [0.4, 0.5) is 11.5 Å². The standard InChI is InChI=1S/C22H19ClN6O3S.CH4O3S.CH4/c1-12-25-18-15(19(26-12)27-20(30)16-5-6-17(23)33-16)11-28(21(18)31)10-13-3-2-4-14(9-13)29-7-8-32-22(29)24;1-5(2,3)4;/h2-6,9,24H,7-8,10-11H2,1H3,(H,25,26,27,30);1H3,(H,2,3,4);1H4. The molecule has 0 spiro atoms. The van der Waals surface area contributed by atoms with E-state index in [4.69, 9.17) is 26.3 Å². The molecule has 2 aliphatic heterocycles. The van der Waals surface area contributed by atoms with E-state index >= 15 is 0 Å². The van der Waals surface area contributed by atoms with Crippen molar-refractivity contribution in [2.24, 2.45) is 0 Å². The van der Waals surface area contributed by atoms with Crippen molar-refractivity contribution in [3.63, 3.8) is 0 Å². The van der Waals surface area contributed by atoms with Gasteiger partial charge in [0.2, 0.25) is 0 Å². The highest BCUT2D eigenvalue weighted by Crippen LogP contribution is 2.30. The molecule has 0 atom stereocenters. The number of hydrogen-bond acceptors (Lipinski definition) is 9. The molecule has 2 aromatic heterocycles. The molecular weight excluding hydrogens is 568 g/mol. The molecule has 0 bridgehead atoms. The molecule has 2 aliphatic rings. The van der Waals surface area contributed by atoms with E-state index in [-0.39, 0.29) is 31.8 Å². The van der Waals surface area contributed by atoms with Crippen LogP contribution in [-0.4, -0.2) is 65.1 Å². The quantitative estimate of drug-likeness (QED) is 0.372. The number of anilines is 2. The number of nitrogens with one attached hydrogen (secondary N) is 2. The summed E-state index contributed by atoms with van der Waals surface area (Å²) in [5.41, 5.74) is 2.65. The zero-order chi connectivity index (χ0) is 27.6. The first kappa shape index (κ1) is 30.0. The molecule has 5 rings (SSSR count). The molecule has 0 saturated carbocycles. The van der Waals surface area contributed by atoms with E-state index in [9.17, 15) is 18.0 Å². The summed E-state index contributed by atoms with van der Waals surface area (Å²) >= 11 is 7.11. The van der Waals surface area contributed by atoms with Crippen LogP contribution in [-0.2, 0) is 27.9 Å². The molecule has 1 fully saturated rings. The molecule has 0 radical (unpaired) electrons. The minimum absolute atomic E-state index is 0. The third-order valence-corrected chi connectivity index (χ3v) is 6.61. The van der Waals surface area contributed by atoms with Gasteiger partial charge in [0.05, 0.1) is 28.6 Å². The van der Waals surface area contributed by atoms with Gasteiger partial charge in [-0.15, -0.1) is 11.3 Å². The Morgan fingerprint density at radius 3 is 2.62 bits per heavy atom. The molecule has 4 heterocycles. The van der Waals surface area contributed by atoms with Gasteiger partial charge in [0.15, 0.2) is 0 Å². The van der Waals surface area contributed by atoms with Gasteiger partial charge >= 0.3 is 0 Å². The normalized spacial score (nSPS) is 14.3. The van der Waals surface area contributed by atoms with Gasteiger partial charge in [-0.2, -0.15) is 8.42 Å². The smallest absolute Gasteiger partial charge is 0.289 e. The van der Waals surface area contributed by atoms with Crippen molar-refractivity contribution < 1.29 is 27.3 Å². The number of thiophene rings is 1. The Morgan fingerprint density at radius 2 is 2.00 bits per heavy atom. The molecule has 208 valence electrons. The number of aromatic nitrogens is 2. The van der Waals surface area contributed by atoms with E-state index in [1.807, 2.05) is 24.3 Å². The number of rotatable bonds is 5. The Kier molecular flexibility index (Phi) is 9.27. The van der Waals surface area contributed by atoms with Crippen molar-refractivity contribution >= 4 is 62.4 Å². The van der Waals surface area contributed by atoms with E-state index in [1.165, 1.54) is 11.3 Å². The molecular formula is C24H27ClN6O6S2. The second-order valence-electron chi connectivity index (χ2n) is 8.37. The lowest BCUT2D eigenvalue weighted by Crippen LogP contribution is -2.25. The van der Waals surface area contributed by atoms with Crippen LogP contribution in [0, 0.1) is 12.3 Å². The van der Waals surface area contributed by atoms with Crippen LogP contribution in [0.3, 0.4) is 0 Å². The second kappa shape index (κ2) is 12.1. The molecule has 12 nitrogen and oxygen atoms in total. The van der Waals surface area contributed by atoms with E-state index in [1.54, 1.807) is 28.9 Å². The van der Waals surface area contributed by atoms with Crippen molar-refractivity contribution in [2.45, 2.75) is 27.4 Å². The first-order chi connectivity index (χ1) is 17.9. The van der Waals surface area contributed by atoms with Gasteiger partial charge in [-0.3, -0.25) is 24.5 Å². The topological polar surface area (TPSA) is 166 Å². The van der Waals surface area contributed by atoms with Crippen LogP contribution < -0.4 is 10.2 Å². The number of nitrogens with zero attached hydrogens (tertiary/aromatic N) is 4. The summed E-state index contributed by atoms with van der Waals surface area (Å²) in [6.45, 7) is 3.42. The molecule has 2 amide bonds. The lowest BCUT2D eigenvalue weighted by atomic mass is 10.1. The summed E-state index contributed by atoms with van der Waals surface area (Å²) in [5.74, 6) is 0.186. The number of carbonyl (C=O) groups excluding carboxylic acids is 2. The number of hydrogen-bond donors (Lipinski definition) is 3. The number of amides is 2. The largest absolute Gasteiger partial charge is 0.463 e. The van der Waals surface area contributed by atoms with Crippen molar-refractivity contribution in [1.82, 2.24) is 14.9 Å². The lowest BCUT2D eigenvalue weighted by Gasteiger charge is -2.19. The lowest BCUT2D eigenvalue weighted by molar-refractivity contribution is 0.0762. The number of amidine groups is 1. The van der Waals surface area contributed by atoms with Crippen LogP contribution in [0.25, 0.3) is 0 Å². The number of ether oxygens (including phenoxy) is 1. The molecule has 3 aromatic rings. The van der Waals surface area contributed by atoms with Crippen molar-refractivity contribution in [1.29, 1.82) is 5.41 Å². The monoisotopic (exact) mass is 594 g/mol.